The second-order valence-corrected chi connectivity index (χ2v) is 5.47. The van der Waals surface area contributed by atoms with Gasteiger partial charge in [0.25, 0.3) is 0 Å². The second kappa shape index (κ2) is 6.75. The summed E-state index contributed by atoms with van der Waals surface area (Å²) < 4.78 is 18.6. The minimum atomic E-state index is -0.205. The van der Waals surface area contributed by atoms with Gasteiger partial charge in [0.2, 0.25) is 0 Å². The van der Waals surface area contributed by atoms with E-state index in [1.807, 2.05) is 30.3 Å². The second-order valence-electron chi connectivity index (χ2n) is 5.47. The van der Waals surface area contributed by atoms with Crippen LogP contribution in [0.3, 0.4) is 0 Å². The SMILES string of the molecule is COc1cccc(C(=C2CCNCC2)c2ccc(F)cc2)c1. The molecule has 0 radical (unpaired) electrons. The number of nitrogens with one attached hydrogen (secondary N) is 1. The maximum atomic E-state index is 13.3. The van der Waals surface area contributed by atoms with Gasteiger partial charge in [-0.1, -0.05) is 29.8 Å². The van der Waals surface area contributed by atoms with Gasteiger partial charge in [0.15, 0.2) is 0 Å². The molecule has 22 heavy (non-hydrogen) atoms. The van der Waals surface area contributed by atoms with E-state index in [-0.39, 0.29) is 5.82 Å². The van der Waals surface area contributed by atoms with Gasteiger partial charge in [0.05, 0.1) is 7.11 Å². The minimum Gasteiger partial charge on any atom is -0.497 e. The molecule has 1 saturated heterocycles. The average molecular weight is 297 g/mol. The molecular formula is C19H20FNO. The molecular weight excluding hydrogens is 277 g/mol. The summed E-state index contributed by atoms with van der Waals surface area (Å²) in [5, 5.41) is 3.39. The van der Waals surface area contributed by atoms with Crippen LogP contribution in [0, 0.1) is 5.82 Å². The van der Waals surface area contributed by atoms with Crippen LogP contribution in [0.15, 0.2) is 54.1 Å². The topological polar surface area (TPSA) is 21.3 Å². The smallest absolute Gasteiger partial charge is 0.123 e. The summed E-state index contributed by atoms with van der Waals surface area (Å²) in [6, 6.07) is 14.9. The van der Waals surface area contributed by atoms with Gasteiger partial charge in [-0.15, -0.1) is 0 Å². The summed E-state index contributed by atoms with van der Waals surface area (Å²) in [5.41, 5.74) is 4.81. The van der Waals surface area contributed by atoms with Crippen LogP contribution in [0.1, 0.15) is 24.0 Å². The molecule has 1 N–H and O–H groups in total. The summed E-state index contributed by atoms with van der Waals surface area (Å²) in [6.45, 7) is 1.98. The number of rotatable bonds is 3. The number of benzene rings is 2. The number of hydrogen-bond acceptors (Lipinski definition) is 2. The molecule has 0 aromatic heterocycles. The van der Waals surface area contributed by atoms with Crippen LogP contribution in [0.25, 0.3) is 5.57 Å². The summed E-state index contributed by atoms with van der Waals surface area (Å²) in [4.78, 5) is 0. The molecule has 0 saturated carbocycles. The Bertz CT molecular complexity index is 668. The fourth-order valence-corrected chi connectivity index (χ4v) is 2.95. The van der Waals surface area contributed by atoms with Crippen LogP contribution in [0.4, 0.5) is 4.39 Å². The van der Waals surface area contributed by atoms with Gasteiger partial charge >= 0.3 is 0 Å². The largest absolute Gasteiger partial charge is 0.497 e. The molecule has 0 atom stereocenters. The Morgan fingerprint density at radius 3 is 2.41 bits per heavy atom. The molecule has 1 aliphatic rings. The maximum absolute atomic E-state index is 13.3. The first-order valence-electron chi connectivity index (χ1n) is 7.61. The van der Waals surface area contributed by atoms with Gasteiger partial charge in [-0.25, -0.2) is 4.39 Å². The van der Waals surface area contributed by atoms with E-state index < -0.39 is 0 Å². The lowest BCUT2D eigenvalue weighted by Crippen LogP contribution is -2.23. The van der Waals surface area contributed by atoms with Crippen molar-refractivity contribution < 1.29 is 9.13 Å². The van der Waals surface area contributed by atoms with Crippen LogP contribution >= 0.6 is 0 Å². The number of hydrogen-bond donors (Lipinski definition) is 1. The standard InChI is InChI=1S/C19H20FNO/c1-22-18-4-2-3-16(13-18)19(15-9-11-21-12-10-15)14-5-7-17(20)8-6-14/h2-8,13,21H,9-12H2,1H3. The van der Waals surface area contributed by atoms with Crippen LogP contribution < -0.4 is 10.1 Å². The van der Waals surface area contributed by atoms with Crippen molar-refractivity contribution in [1.29, 1.82) is 0 Å². The first-order valence-corrected chi connectivity index (χ1v) is 7.61. The van der Waals surface area contributed by atoms with Crippen LogP contribution in [0.5, 0.6) is 5.75 Å². The molecule has 0 bridgehead atoms. The zero-order valence-electron chi connectivity index (χ0n) is 12.7. The number of piperidine rings is 1. The third-order valence-electron chi connectivity index (χ3n) is 4.05. The lowest BCUT2D eigenvalue weighted by molar-refractivity contribution is 0.414. The van der Waals surface area contributed by atoms with Gasteiger partial charge in [-0.3, -0.25) is 0 Å². The first kappa shape index (κ1) is 14.8. The molecule has 3 heteroatoms. The van der Waals surface area contributed by atoms with Gasteiger partial charge < -0.3 is 10.1 Å². The number of halogens is 1. The van der Waals surface area contributed by atoms with E-state index in [9.17, 15) is 4.39 Å². The highest BCUT2D eigenvalue weighted by atomic mass is 19.1. The van der Waals surface area contributed by atoms with Gasteiger partial charge in [0.1, 0.15) is 11.6 Å². The molecule has 2 nitrogen and oxygen atoms in total. The Hall–Kier alpha value is -2.13. The Kier molecular flexibility index (Phi) is 4.54. The lowest BCUT2D eigenvalue weighted by atomic mass is 9.89. The molecule has 2 aromatic rings. The predicted octanol–water partition coefficient (Wildman–Crippen LogP) is 4.02. The Labute approximate surface area is 130 Å². The molecule has 1 heterocycles. The number of ether oxygens (including phenoxy) is 1. The Balaban J connectivity index is 2.11. The first-order chi connectivity index (χ1) is 10.8. The molecule has 114 valence electrons. The molecule has 0 amide bonds. The average Bonchev–Trinajstić information content (AvgIpc) is 2.58. The van der Waals surface area contributed by atoms with Crippen molar-refractivity contribution in [3.05, 3.63) is 71.0 Å². The molecule has 1 aliphatic heterocycles. The van der Waals surface area contributed by atoms with E-state index >= 15 is 0 Å². The highest BCUT2D eigenvalue weighted by molar-refractivity contribution is 5.82. The Morgan fingerprint density at radius 2 is 1.73 bits per heavy atom. The van der Waals surface area contributed by atoms with Crippen molar-refractivity contribution in [3.8, 4) is 5.75 Å². The normalized spacial score (nSPS) is 14.7. The van der Waals surface area contributed by atoms with Crippen molar-refractivity contribution in [2.75, 3.05) is 20.2 Å². The summed E-state index contributed by atoms with van der Waals surface area (Å²) in [5.74, 6) is 0.635. The van der Waals surface area contributed by atoms with E-state index in [2.05, 4.69) is 11.4 Å². The van der Waals surface area contributed by atoms with Crippen molar-refractivity contribution in [3.63, 3.8) is 0 Å². The fourth-order valence-electron chi connectivity index (χ4n) is 2.95. The van der Waals surface area contributed by atoms with E-state index in [0.717, 1.165) is 42.8 Å². The van der Waals surface area contributed by atoms with Gasteiger partial charge in [0, 0.05) is 0 Å². The van der Waals surface area contributed by atoms with Crippen molar-refractivity contribution in [2.45, 2.75) is 12.8 Å². The molecule has 0 aliphatic carbocycles. The molecule has 0 unspecified atom stereocenters. The minimum absolute atomic E-state index is 0.205. The predicted molar refractivity (Wildman–Crippen MR) is 87.5 cm³/mol. The van der Waals surface area contributed by atoms with Crippen molar-refractivity contribution in [2.24, 2.45) is 0 Å². The molecule has 1 fully saturated rings. The van der Waals surface area contributed by atoms with E-state index in [1.165, 1.54) is 23.3 Å². The quantitative estimate of drug-likeness (QED) is 0.924. The van der Waals surface area contributed by atoms with E-state index in [0.29, 0.717) is 0 Å². The van der Waals surface area contributed by atoms with Gasteiger partial charge in [-0.05, 0) is 66.9 Å². The Morgan fingerprint density at radius 1 is 1.00 bits per heavy atom. The number of methoxy groups -OCH3 is 1. The lowest BCUT2D eigenvalue weighted by Gasteiger charge is -2.21. The summed E-state index contributed by atoms with van der Waals surface area (Å²) in [6.07, 6.45) is 2.04. The van der Waals surface area contributed by atoms with Crippen LogP contribution in [-0.4, -0.2) is 20.2 Å². The van der Waals surface area contributed by atoms with E-state index in [4.69, 9.17) is 4.74 Å². The van der Waals surface area contributed by atoms with Crippen LogP contribution in [-0.2, 0) is 0 Å². The van der Waals surface area contributed by atoms with E-state index in [1.54, 1.807) is 7.11 Å². The summed E-state index contributed by atoms with van der Waals surface area (Å²) in [7, 11) is 1.67. The third-order valence-corrected chi connectivity index (χ3v) is 4.05. The van der Waals surface area contributed by atoms with Crippen molar-refractivity contribution >= 4 is 5.57 Å². The fraction of sp³-hybridized carbons (Fsp3) is 0.263. The monoisotopic (exact) mass is 297 g/mol. The zero-order valence-corrected chi connectivity index (χ0v) is 12.7. The van der Waals surface area contributed by atoms with Gasteiger partial charge in [-0.2, -0.15) is 0 Å². The molecule has 0 spiro atoms. The highest BCUT2D eigenvalue weighted by Gasteiger charge is 2.15. The third kappa shape index (κ3) is 3.20. The highest BCUT2D eigenvalue weighted by Crippen LogP contribution is 2.32. The summed E-state index contributed by atoms with van der Waals surface area (Å²) >= 11 is 0. The zero-order chi connectivity index (χ0) is 15.4. The molecule has 3 rings (SSSR count). The molecule has 2 aromatic carbocycles. The van der Waals surface area contributed by atoms with Crippen LogP contribution in [0.2, 0.25) is 0 Å². The van der Waals surface area contributed by atoms with Crippen molar-refractivity contribution in [1.82, 2.24) is 5.32 Å². The maximum Gasteiger partial charge on any atom is 0.123 e.